The monoisotopic (exact) mass is 342 g/mol. The smallest absolute Gasteiger partial charge is 0.270 e. The second-order valence-electron chi connectivity index (χ2n) is 7.29. The highest BCUT2D eigenvalue weighted by atomic mass is 16.5. The van der Waals surface area contributed by atoms with Crippen LogP contribution in [0.2, 0.25) is 0 Å². The van der Waals surface area contributed by atoms with Gasteiger partial charge in [-0.05, 0) is 32.4 Å². The first-order valence-corrected chi connectivity index (χ1v) is 8.60. The first-order chi connectivity index (χ1) is 12.0. The van der Waals surface area contributed by atoms with Gasteiger partial charge in [-0.15, -0.1) is 0 Å². The van der Waals surface area contributed by atoms with Crippen LogP contribution in [0, 0.1) is 19.3 Å². The molecule has 1 unspecified atom stereocenters. The van der Waals surface area contributed by atoms with E-state index in [1.165, 1.54) is 0 Å². The number of H-pyrrole nitrogens is 1. The van der Waals surface area contributed by atoms with E-state index < -0.39 is 0 Å². The third-order valence-electron chi connectivity index (χ3n) is 5.49. The molecule has 2 saturated heterocycles. The molecule has 0 aliphatic carbocycles. The number of nitrogens with zero attached hydrogens (tertiary/aromatic N) is 3. The lowest BCUT2D eigenvalue weighted by Crippen LogP contribution is -2.34. The number of likely N-dealkylation sites (tertiary alicyclic amines) is 2. The van der Waals surface area contributed by atoms with Gasteiger partial charge in [0.2, 0.25) is 5.91 Å². The van der Waals surface area contributed by atoms with E-state index in [1.54, 1.807) is 12.3 Å². The summed E-state index contributed by atoms with van der Waals surface area (Å²) >= 11 is 0. The Morgan fingerprint density at radius 3 is 2.92 bits per heavy atom. The van der Waals surface area contributed by atoms with Crippen molar-refractivity contribution in [2.45, 2.75) is 33.2 Å². The quantitative estimate of drug-likeness (QED) is 0.923. The fourth-order valence-electron chi connectivity index (χ4n) is 4.06. The maximum absolute atomic E-state index is 12.6. The molecule has 4 rings (SSSR count). The molecule has 4 heterocycles. The van der Waals surface area contributed by atoms with E-state index in [0.717, 1.165) is 23.4 Å². The number of rotatable bonds is 3. The Bertz CT molecular complexity index is 791. The number of carbonyl (C=O) groups excluding carboxylic acids is 2. The van der Waals surface area contributed by atoms with E-state index in [9.17, 15) is 9.59 Å². The van der Waals surface area contributed by atoms with Crippen molar-refractivity contribution in [2.24, 2.45) is 5.41 Å². The molecule has 25 heavy (non-hydrogen) atoms. The summed E-state index contributed by atoms with van der Waals surface area (Å²) in [5.74, 6) is 0.925. The molecule has 1 atom stereocenters. The highest BCUT2D eigenvalue weighted by Gasteiger charge is 2.48. The molecule has 1 spiro atoms. The van der Waals surface area contributed by atoms with Crippen molar-refractivity contribution >= 4 is 11.8 Å². The standard InChI is InChI=1S/C18H22N4O3/c1-12-14(13(2)25-20-12)9-22-11-18(8-16(22)23)5-7-21(10-18)17(24)15-4-3-6-19-15/h3-4,6,19H,5,7-11H2,1-2H3. The maximum Gasteiger partial charge on any atom is 0.270 e. The maximum atomic E-state index is 12.6. The Morgan fingerprint density at radius 1 is 1.40 bits per heavy atom. The number of amides is 2. The summed E-state index contributed by atoms with van der Waals surface area (Å²) in [5.41, 5.74) is 2.30. The van der Waals surface area contributed by atoms with Crippen LogP contribution in [-0.4, -0.2) is 51.4 Å². The summed E-state index contributed by atoms with van der Waals surface area (Å²) in [7, 11) is 0. The highest BCUT2D eigenvalue weighted by Crippen LogP contribution is 2.41. The van der Waals surface area contributed by atoms with Gasteiger partial charge in [0.05, 0.1) is 12.2 Å². The van der Waals surface area contributed by atoms with Crippen molar-refractivity contribution in [1.29, 1.82) is 0 Å². The predicted octanol–water partition coefficient (Wildman–Crippen LogP) is 1.88. The van der Waals surface area contributed by atoms with Gasteiger partial charge in [-0.1, -0.05) is 5.16 Å². The van der Waals surface area contributed by atoms with Crippen molar-refractivity contribution in [3.63, 3.8) is 0 Å². The van der Waals surface area contributed by atoms with E-state index in [2.05, 4.69) is 10.1 Å². The summed E-state index contributed by atoms with van der Waals surface area (Å²) in [4.78, 5) is 31.8. The summed E-state index contributed by atoms with van der Waals surface area (Å²) in [6.07, 6.45) is 3.12. The number of aryl methyl sites for hydroxylation is 2. The Kier molecular flexibility index (Phi) is 3.67. The van der Waals surface area contributed by atoms with Gasteiger partial charge in [0.1, 0.15) is 11.5 Å². The fourth-order valence-corrected chi connectivity index (χ4v) is 4.06. The molecule has 0 aromatic carbocycles. The summed E-state index contributed by atoms with van der Waals surface area (Å²) in [6, 6.07) is 3.61. The van der Waals surface area contributed by atoms with Gasteiger partial charge in [-0.3, -0.25) is 9.59 Å². The molecule has 0 radical (unpaired) electrons. The topological polar surface area (TPSA) is 82.4 Å². The number of aromatic amines is 1. The van der Waals surface area contributed by atoms with Gasteiger partial charge >= 0.3 is 0 Å². The van der Waals surface area contributed by atoms with Gasteiger partial charge < -0.3 is 19.3 Å². The van der Waals surface area contributed by atoms with Crippen molar-refractivity contribution in [1.82, 2.24) is 19.9 Å². The van der Waals surface area contributed by atoms with Crippen LogP contribution in [-0.2, 0) is 11.3 Å². The second kappa shape index (κ2) is 5.75. The van der Waals surface area contributed by atoms with Crippen LogP contribution in [0.3, 0.4) is 0 Å². The van der Waals surface area contributed by atoms with E-state index in [-0.39, 0.29) is 17.2 Å². The molecule has 2 aliphatic heterocycles. The summed E-state index contributed by atoms with van der Waals surface area (Å²) in [6.45, 7) is 6.32. The van der Waals surface area contributed by atoms with Crippen molar-refractivity contribution in [2.75, 3.05) is 19.6 Å². The average Bonchev–Trinajstić information content (AvgIpc) is 3.34. The van der Waals surface area contributed by atoms with Crippen LogP contribution in [0.1, 0.15) is 40.3 Å². The molecule has 2 aromatic heterocycles. The lowest BCUT2D eigenvalue weighted by Gasteiger charge is -2.24. The van der Waals surface area contributed by atoms with Crippen LogP contribution >= 0.6 is 0 Å². The Balaban J connectivity index is 1.46. The SMILES string of the molecule is Cc1noc(C)c1CN1CC2(CCN(C(=O)c3ccc[nH]3)C2)CC1=O. The third-order valence-corrected chi connectivity index (χ3v) is 5.49. The van der Waals surface area contributed by atoms with Gasteiger partial charge in [-0.25, -0.2) is 0 Å². The van der Waals surface area contributed by atoms with Crippen LogP contribution in [0.4, 0.5) is 0 Å². The zero-order valence-corrected chi connectivity index (χ0v) is 14.5. The lowest BCUT2D eigenvalue weighted by molar-refractivity contribution is -0.128. The van der Waals surface area contributed by atoms with Gasteiger partial charge in [-0.2, -0.15) is 0 Å². The zero-order valence-electron chi connectivity index (χ0n) is 14.5. The van der Waals surface area contributed by atoms with Crippen molar-refractivity contribution < 1.29 is 14.1 Å². The van der Waals surface area contributed by atoms with Crippen molar-refractivity contribution in [3.8, 4) is 0 Å². The van der Waals surface area contributed by atoms with Gasteiger partial charge in [0.25, 0.3) is 5.91 Å². The first-order valence-electron chi connectivity index (χ1n) is 8.60. The van der Waals surface area contributed by atoms with Crippen LogP contribution in [0.5, 0.6) is 0 Å². The molecule has 0 bridgehead atoms. The molecule has 2 fully saturated rings. The summed E-state index contributed by atoms with van der Waals surface area (Å²) < 4.78 is 5.20. The number of aromatic nitrogens is 2. The minimum absolute atomic E-state index is 0.0125. The molecule has 2 amide bonds. The second-order valence-corrected chi connectivity index (χ2v) is 7.29. The molecule has 2 aliphatic rings. The molecule has 7 nitrogen and oxygen atoms in total. The van der Waals surface area contributed by atoms with Gasteiger partial charge in [0, 0.05) is 43.2 Å². The van der Waals surface area contributed by atoms with E-state index in [0.29, 0.717) is 38.3 Å². The molecule has 2 aromatic rings. The largest absolute Gasteiger partial charge is 0.361 e. The lowest BCUT2D eigenvalue weighted by atomic mass is 9.86. The van der Waals surface area contributed by atoms with Crippen molar-refractivity contribution in [3.05, 3.63) is 41.0 Å². The van der Waals surface area contributed by atoms with Crippen LogP contribution in [0.15, 0.2) is 22.9 Å². The predicted molar refractivity (Wildman–Crippen MR) is 89.8 cm³/mol. The first kappa shape index (κ1) is 15.9. The Hall–Kier alpha value is -2.57. The molecular weight excluding hydrogens is 320 g/mol. The Labute approximate surface area is 146 Å². The zero-order chi connectivity index (χ0) is 17.6. The van der Waals surface area contributed by atoms with E-state index in [4.69, 9.17) is 4.52 Å². The average molecular weight is 342 g/mol. The van der Waals surface area contributed by atoms with Crippen LogP contribution < -0.4 is 0 Å². The molecule has 0 saturated carbocycles. The molecule has 1 N–H and O–H groups in total. The van der Waals surface area contributed by atoms with E-state index >= 15 is 0 Å². The Morgan fingerprint density at radius 2 is 2.24 bits per heavy atom. The minimum atomic E-state index is -0.127. The van der Waals surface area contributed by atoms with Gasteiger partial charge in [0.15, 0.2) is 0 Å². The highest BCUT2D eigenvalue weighted by molar-refractivity contribution is 5.92. The number of carbonyl (C=O) groups is 2. The van der Waals surface area contributed by atoms with Crippen LogP contribution in [0.25, 0.3) is 0 Å². The number of hydrogen-bond donors (Lipinski definition) is 1. The normalized spacial score (nSPS) is 23.2. The number of nitrogens with one attached hydrogen (secondary N) is 1. The fraction of sp³-hybridized carbons (Fsp3) is 0.500. The molecule has 132 valence electrons. The summed E-state index contributed by atoms with van der Waals surface area (Å²) in [5, 5.41) is 3.97. The third kappa shape index (κ3) is 2.73. The molecule has 7 heteroatoms. The number of hydrogen-bond acceptors (Lipinski definition) is 4. The molecular formula is C18H22N4O3. The van der Waals surface area contributed by atoms with E-state index in [1.807, 2.05) is 29.7 Å². The minimum Gasteiger partial charge on any atom is -0.361 e.